The van der Waals surface area contributed by atoms with Gasteiger partial charge in [0, 0.05) is 5.57 Å². The molecule has 2 nitrogen and oxygen atoms in total. The Labute approximate surface area is 114 Å². The largest absolute Gasteiger partial charge is 0.450 e. The molecule has 0 saturated heterocycles. The Kier molecular flexibility index (Phi) is 4.56. The van der Waals surface area contributed by atoms with Crippen LogP contribution in [0.3, 0.4) is 0 Å². The Bertz CT molecular complexity index is 497. The zero-order chi connectivity index (χ0) is 13.7. The lowest BCUT2D eigenvalue weighted by Gasteiger charge is -2.13. The Morgan fingerprint density at radius 3 is 2.63 bits per heavy atom. The van der Waals surface area contributed by atoms with Gasteiger partial charge in [0.15, 0.2) is 0 Å². The fourth-order valence-corrected chi connectivity index (χ4v) is 2.42. The Morgan fingerprint density at radius 2 is 2.00 bits per heavy atom. The quantitative estimate of drug-likeness (QED) is 0.578. The van der Waals surface area contributed by atoms with Gasteiger partial charge in [0.2, 0.25) is 0 Å². The Hall–Kier alpha value is -1.83. The van der Waals surface area contributed by atoms with Crippen LogP contribution in [-0.2, 0) is 9.53 Å². The van der Waals surface area contributed by atoms with Gasteiger partial charge >= 0.3 is 5.97 Å². The van der Waals surface area contributed by atoms with Gasteiger partial charge in [-0.25, -0.2) is 4.79 Å². The maximum absolute atomic E-state index is 12.0. The highest BCUT2D eigenvalue weighted by Crippen LogP contribution is 2.38. The topological polar surface area (TPSA) is 26.3 Å². The summed E-state index contributed by atoms with van der Waals surface area (Å²) in [4.78, 5) is 12.0. The maximum atomic E-state index is 12.0. The molecule has 1 unspecified atom stereocenters. The van der Waals surface area contributed by atoms with Crippen molar-refractivity contribution in [1.82, 2.24) is 0 Å². The van der Waals surface area contributed by atoms with E-state index in [9.17, 15) is 4.79 Å². The number of hydrogen-bond donors (Lipinski definition) is 0. The van der Waals surface area contributed by atoms with Crippen LogP contribution in [0.1, 0.15) is 44.8 Å². The molecule has 1 heterocycles. The molecule has 1 atom stereocenters. The van der Waals surface area contributed by atoms with Gasteiger partial charge in [0.05, 0.1) is 0 Å². The highest BCUT2D eigenvalue weighted by Gasteiger charge is 2.33. The second kappa shape index (κ2) is 6.37. The van der Waals surface area contributed by atoms with Crippen molar-refractivity contribution in [2.75, 3.05) is 0 Å². The molecule has 0 spiro atoms. The average molecular weight is 256 g/mol. The van der Waals surface area contributed by atoms with Gasteiger partial charge in [-0.1, -0.05) is 55.8 Å². The highest BCUT2D eigenvalue weighted by molar-refractivity contribution is 5.92. The van der Waals surface area contributed by atoms with Gasteiger partial charge in [0.1, 0.15) is 6.10 Å². The monoisotopic (exact) mass is 256 g/mol. The van der Waals surface area contributed by atoms with Crippen LogP contribution >= 0.6 is 0 Å². The second-order valence-corrected chi connectivity index (χ2v) is 4.72. The number of carbonyl (C=O) groups excluding carboxylic acids is 1. The molecule has 100 valence electrons. The van der Waals surface area contributed by atoms with Gasteiger partial charge in [-0.15, -0.1) is 0 Å². The van der Waals surface area contributed by atoms with E-state index in [2.05, 4.69) is 13.0 Å². The summed E-state index contributed by atoms with van der Waals surface area (Å²) in [5.41, 5.74) is 3.05. The van der Waals surface area contributed by atoms with Gasteiger partial charge in [0.25, 0.3) is 0 Å². The molecule has 1 aliphatic rings. The minimum Gasteiger partial charge on any atom is -0.450 e. The molecule has 0 bridgehead atoms. The van der Waals surface area contributed by atoms with E-state index in [1.54, 1.807) is 0 Å². The summed E-state index contributed by atoms with van der Waals surface area (Å²) in [6.45, 7) is 4.08. The van der Waals surface area contributed by atoms with E-state index < -0.39 is 0 Å². The molecule has 2 heteroatoms. The van der Waals surface area contributed by atoms with Crippen molar-refractivity contribution in [3.8, 4) is 0 Å². The molecule has 0 N–H and O–H groups in total. The number of hydrogen-bond acceptors (Lipinski definition) is 2. The van der Waals surface area contributed by atoms with E-state index in [1.807, 2.05) is 43.3 Å². The summed E-state index contributed by atoms with van der Waals surface area (Å²) in [6, 6.07) is 9.97. The van der Waals surface area contributed by atoms with Gasteiger partial charge in [-0.3, -0.25) is 0 Å². The summed E-state index contributed by atoms with van der Waals surface area (Å²) < 4.78 is 5.58. The van der Waals surface area contributed by atoms with E-state index in [1.165, 1.54) is 0 Å². The molecule has 1 aromatic carbocycles. The standard InChI is InChI=1S/C17H20O2/c1-3-5-12-14-15(9-4-2)17(18)19-16(14)13-10-7-6-8-11-13/h3,5-8,10-11,16H,4,9,12H2,1-2H3/b5-3+. The number of benzene rings is 1. The lowest BCUT2D eigenvalue weighted by atomic mass is 9.94. The van der Waals surface area contributed by atoms with E-state index in [-0.39, 0.29) is 12.1 Å². The number of allylic oxidation sites excluding steroid dienone is 2. The van der Waals surface area contributed by atoms with Crippen LogP contribution in [0.15, 0.2) is 53.6 Å². The molecule has 1 aromatic rings. The van der Waals surface area contributed by atoms with E-state index in [0.717, 1.165) is 36.0 Å². The predicted octanol–water partition coefficient (Wildman–Crippen LogP) is 4.35. The second-order valence-electron chi connectivity index (χ2n) is 4.72. The van der Waals surface area contributed by atoms with Crippen LogP contribution in [0.2, 0.25) is 0 Å². The molecule has 2 rings (SSSR count). The van der Waals surface area contributed by atoms with Crippen molar-refractivity contribution < 1.29 is 9.53 Å². The maximum Gasteiger partial charge on any atom is 0.335 e. The lowest BCUT2D eigenvalue weighted by molar-refractivity contribution is -0.140. The molecular weight excluding hydrogens is 236 g/mol. The summed E-state index contributed by atoms with van der Waals surface area (Å²) >= 11 is 0. The third kappa shape index (κ3) is 2.95. The Morgan fingerprint density at radius 1 is 1.26 bits per heavy atom. The Balaban J connectivity index is 2.36. The summed E-state index contributed by atoms with van der Waals surface area (Å²) in [5.74, 6) is -0.143. The number of rotatable bonds is 5. The first-order chi connectivity index (χ1) is 9.27. The van der Waals surface area contributed by atoms with Gasteiger partial charge < -0.3 is 4.74 Å². The van der Waals surface area contributed by atoms with Crippen molar-refractivity contribution in [1.29, 1.82) is 0 Å². The normalized spacial score (nSPS) is 19.3. The fraction of sp³-hybridized carbons (Fsp3) is 0.353. The number of cyclic esters (lactones) is 1. The first-order valence-corrected chi connectivity index (χ1v) is 6.87. The summed E-state index contributed by atoms with van der Waals surface area (Å²) in [7, 11) is 0. The van der Waals surface area contributed by atoms with Crippen molar-refractivity contribution in [3.05, 3.63) is 59.2 Å². The number of carbonyl (C=O) groups is 1. The summed E-state index contributed by atoms with van der Waals surface area (Å²) in [6.07, 6.45) is 6.45. The van der Waals surface area contributed by atoms with Gasteiger partial charge in [-0.05, 0) is 30.9 Å². The first kappa shape index (κ1) is 13.6. The average Bonchev–Trinajstić information content (AvgIpc) is 2.75. The first-order valence-electron chi connectivity index (χ1n) is 6.87. The van der Waals surface area contributed by atoms with E-state index in [0.29, 0.717) is 0 Å². The van der Waals surface area contributed by atoms with Crippen LogP contribution in [-0.4, -0.2) is 5.97 Å². The smallest absolute Gasteiger partial charge is 0.335 e. The third-order valence-corrected chi connectivity index (χ3v) is 3.35. The molecular formula is C17H20O2. The predicted molar refractivity (Wildman–Crippen MR) is 76.6 cm³/mol. The highest BCUT2D eigenvalue weighted by atomic mass is 16.5. The van der Waals surface area contributed by atoms with Crippen molar-refractivity contribution >= 4 is 5.97 Å². The van der Waals surface area contributed by atoms with Crippen LogP contribution < -0.4 is 0 Å². The van der Waals surface area contributed by atoms with Crippen LogP contribution in [0.5, 0.6) is 0 Å². The van der Waals surface area contributed by atoms with E-state index in [4.69, 9.17) is 4.74 Å². The molecule has 0 aliphatic carbocycles. The molecule has 0 amide bonds. The minimum atomic E-state index is -0.202. The molecule has 0 radical (unpaired) electrons. The van der Waals surface area contributed by atoms with Crippen LogP contribution in [0, 0.1) is 0 Å². The fourth-order valence-electron chi connectivity index (χ4n) is 2.42. The lowest BCUT2D eigenvalue weighted by Crippen LogP contribution is -2.03. The number of ether oxygens (including phenoxy) is 1. The molecule has 1 aliphatic heterocycles. The number of esters is 1. The third-order valence-electron chi connectivity index (χ3n) is 3.35. The van der Waals surface area contributed by atoms with E-state index >= 15 is 0 Å². The minimum absolute atomic E-state index is 0.143. The van der Waals surface area contributed by atoms with Gasteiger partial charge in [-0.2, -0.15) is 0 Å². The molecule has 0 aromatic heterocycles. The summed E-state index contributed by atoms with van der Waals surface area (Å²) in [5, 5.41) is 0. The van der Waals surface area contributed by atoms with Crippen molar-refractivity contribution in [2.45, 2.75) is 39.2 Å². The molecule has 0 fully saturated rings. The molecule has 0 saturated carbocycles. The van der Waals surface area contributed by atoms with Crippen LogP contribution in [0.4, 0.5) is 0 Å². The SMILES string of the molecule is C/C=C/CC1=C(CCC)C(=O)OC1c1ccccc1. The molecule has 19 heavy (non-hydrogen) atoms. The van der Waals surface area contributed by atoms with Crippen LogP contribution in [0.25, 0.3) is 0 Å². The zero-order valence-electron chi connectivity index (χ0n) is 11.6. The zero-order valence-corrected chi connectivity index (χ0v) is 11.6. The van der Waals surface area contributed by atoms with Crippen molar-refractivity contribution in [3.63, 3.8) is 0 Å². The van der Waals surface area contributed by atoms with Crippen molar-refractivity contribution in [2.24, 2.45) is 0 Å².